The van der Waals surface area contributed by atoms with E-state index in [1.54, 1.807) is 0 Å². The maximum Gasteiger partial charge on any atom is 0.317 e. The lowest BCUT2D eigenvalue weighted by Gasteiger charge is -2.33. The molecule has 110 valence electrons. The van der Waals surface area contributed by atoms with Gasteiger partial charge >= 0.3 is 6.03 Å². The number of hydrogen-bond acceptors (Lipinski definition) is 2. The number of urea groups is 1. The number of rotatable bonds is 3. The first-order valence-corrected chi connectivity index (χ1v) is 7.14. The average Bonchev–Trinajstić information content (AvgIpc) is 2.36. The standard InChI is InChI=1S/C14H27N3O2/c1-5-12(18)16-11-6-8-17(9-7-11)13(19)15-10-14(2,3)4/h11H,5-10H2,1-4H3,(H,15,19)(H,16,18). The molecule has 0 bridgehead atoms. The van der Waals surface area contributed by atoms with Crippen molar-refractivity contribution in [2.75, 3.05) is 19.6 Å². The summed E-state index contributed by atoms with van der Waals surface area (Å²) in [6, 6.07) is 0.231. The molecule has 0 atom stereocenters. The Morgan fingerprint density at radius 2 is 1.79 bits per heavy atom. The third-order valence-corrected chi connectivity index (χ3v) is 3.24. The van der Waals surface area contributed by atoms with Crippen molar-refractivity contribution in [3.05, 3.63) is 0 Å². The van der Waals surface area contributed by atoms with Gasteiger partial charge in [0.1, 0.15) is 0 Å². The molecule has 5 heteroatoms. The van der Waals surface area contributed by atoms with E-state index in [1.807, 2.05) is 11.8 Å². The molecule has 0 spiro atoms. The maximum absolute atomic E-state index is 12.0. The summed E-state index contributed by atoms with van der Waals surface area (Å²) in [6.45, 7) is 10.2. The Morgan fingerprint density at radius 1 is 1.21 bits per heavy atom. The molecule has 1 heterocycles. The first kappa shape index (κ1) is 15.8. The fourth-order valence-electron chi connectivity index (χ4n) is 2.01. The van der Waals surface area contributed by atoms with Crippen LogP contribution in [0.1, 0.15) is 47.0 Å². The van der Waals surface area contributed by atoms with Crippen molar-refractivity contribution in [3.63, 3.8) is 0 Å². The van der Waals surface area contributed by atoms with Gasteiger partial charge in [-0.2, -0.15) is 0 Å². The fraction of sp³-hybridized carbons (Fsp3) is 0.857. The quantitative estimate of drug-likeness (QED) is 0.819. The van der Waals surface area contributed by atoms with Crippen LogP contribution in [0, 0.1) is 5.41 Å². The Hall–Kier alpha value is -1.26. The first-order chi connectivity index (χ1) is 8.81. The molecule has 2 N–H and O–H groups in total. The van der Waals surface area contributed by atoms with Gasteiger partial charge in [0.05, 0.1) is 0 Å². The van der Waals surface area contributed by atoms with Crippen LogP contribution in [0.5, 0.6) is 0 Å². The minimum absolute atomic E-state index is 0.00944. The van der Waals surface area contributed by atoms with Crippen molar-refractivity contribution >= 4 is 11.9 Å². The van der Waals surface area contributed by atoms with Crippen molar-refractivity contribution in [3.8, 4) is 0 Å². The normalized spacial score (nSPS) is 17.2. The van der Waals surface area contributed by atoms with Crippen molar-refractivity contribution in [1.82, 2.24) is 15.5 Å². The Morgan fingerprint density at radius 3 is 2.26 bits per heavy atom. The second-order valence-corrected chi connectivity index (χ2v) is 6.40. The van der Waals surface area contributed by atoms with E-state index in [9.17, 15) is 9.59 Å². The van der Waals surface area contributed by atoms with Gasteiger partial charge in [0.2, 0.25) is 5.91 Å². The molecule has 1 saturated heterocycles. The summed E-state index contributed by atoms with van der Waals surface area (Å²) in [5.74, 6) is 0.0932. The highest BCUT2D eigenvalue weighted by Crippen LogP contribution is 2.13. The average molecular weight is 269 g/mol. The van der Waals surface area contributed by atoms with E-state index < -0.39 is 0 Å². The highest BCUT2D eigenvalue weighted by atomic mass is 16.2. The number of carbonyl (C=O) groups excluding carboxylic acids is 2. The zero-order valence-electron chi connectivity index (χ0n) is 12.6. The van der Waals surface area contributed by atoms with Crippen LogP contribution in [-0.4, -0.2) is 42.5 Å². The van der Waals surface area contributed by atoms with Gasteiger partial charge in [-0.05, 0) is 18.3 Å². The van der Waals surface area contributed by atoms with Gasteiger partial charge in [-0.1, -0.05) is 27.7 Å². The van der Waals surface area contributed by atoms with E-state index in [4.69, 9.17) is 0 Å². The summed E-state index contributed by atoms with van der Waals surface area (Å²) in [7, 11) is 0. The maximum atomic E-state index is 12.0. The SMILES string of the molecule is CCC(=O)NC1CCN(C(=O)NCC(C)(C)C)CC1. The second kappa shape index (κ2) is 6.78. The summed E-state index contributed by atoms with van der Waals surface area (Å²) < 4.78 is 0. The topological polar surface area (TPSA) is 61.4 Å². The summed E-state index contributed by atoms with van der Waals surface area (Å²) in [4.78, 5) is 25.1. The number of amides is 3. The van der Waals surface area contributed by atoms with Gasteiger partial charge in [-0.3, -0.25) is 4.79 Å². The lowest BCUT2D eigenvalue weighted by atomic mass is 9.97. The smallest absolute Gasteiger partial charge is 0.317 e. The molecule has 0 radical (unpaired) electrons. The van der Waals surface area contributed by atoms with Crippen LogP contribution in [0.2, 0.25) is 0 Å². The van der Waals surface area contributed by atoms with E-state index in [0.717, 1.165) is 12.8 Å². The van der Waals surface area contributed by atoms with E-state index in [0.29, 0.717) is 26.1 Å². The highest BCUT2D eigenvalue weighted by Gasteiger charge is 2.24. The first-order valence-electron chi connectivity index (χ1n) is 7.14. The Balaban J connectivity index is 2.29. The van der Waals surface area contributed by atoms with Crippen molar-refractivity contribution < 1.29 is 9.59 Å². The van der Waals surface area contributed by atoms with Gasteiger partial charge in [-0.15, -0.1) is 0 Å². The van der Waals surface area contributed by atoms with Crippen molar-refractivity contribution in [2.24, 2.45) is 5.41 Å². The zero-order chi connectivity index (χ0) is 14.5. The molecule has 19 heavy (non-hydrogen) atoms. The molecule has 1 aliphatic heterocycles. The van der Waals surface area contributed by atoms with Crippen LogP contribution in [0.15, 0.2) is 0 Å². The van der Waals surface area contributed by atoms with Gasteiger partial charge in [0.15, 0.2) is 0 Å². The predicted molar refractivity (Wildman–Crippen MR) is 75.9 cm³/mol. The lowest BCUT2D eigenvalue weighted by Crippen LogP contribution is -2.50. The van der Waals surface area contributed by atoms with E-state index in [-0.39, 0.29) is 23.4 Å². The molecular formula is C14H27N3O2. The molecule has 1 fully saturated rings. The minimum atomic E-state index is 0.00944. The molecule has 0 saturated carbocycles. The molecule has 0 aromatic heterocycles. The monoisotopic (exact) mass is 269 g/mol. The van der Waals surface area contributed by atoms with Crippen LogP contribution >= 0.6 is 0 Å². The number of piperidine rings is 1. The molecular weight excluding hydrogens is 242 g/mol. The lowest BCUT2D eigenvalue weighted by molar-refractivity contribution is -0.121. The van der Waals surface area contributed by atoms with Crippen molar-refractivity contribution in [2.45, 2.75) is 53.0 Å². The van der Waals surface area contributed by atoms with Gasteiger partial charge in [-0.25, -0.2) is 4.79 Å². The molecule has 3 amide bonds. The molecule has 1 rings (SSSR count). The zero-order valence-corrected chi connectivity index (χ0v) is 12.6. The number of nitrogens with zero attached hydrogens (tertiary/aromatic N) is 1. The second-order valence-electron chi connectivity index (χ2n) is 6.40. The Bertz CT molecular complexity index is 315. The van der Waals surface area contributed by atoms with Gasteiger partial charge in [0.25, 0.3) is 0 Å². The predicted octanol–water partition coefficient (Wildman–Crippen LogP) is 1.73. The number of carbonyl (C=O) groups is 2. The molecule has 0 aromatic rings. The van der Waals surface area contributed by atoms with Crippen LogP contribution < -0.4 is 10.6 Å². The molecule has 1 aliphatic rings. The third kappa shape index (κ3) is 5.94. The molecule has 0 unspecified atom stereocenters. The summed E-state index contributed by atoms with van der Waals surface area (Å²) in [5, 5.41) is 5.95. The summed E-state index contributed by atoms with van der Waals surface area (Å²) in [6.07, 6.45) is 2.20. The third-order valence-electron chi connectivity index (χ3n) is 3.24. The summed E-state index contributed by atoms with van der Waals surface area (Å²) >= 11 is 0. The molecule has 0 aliphatic carbocycles. The highest BCUT2D eigenvalue weighted by molar-refractivity contribution is 5.76. The fourth-order valence-corrected chi connectivity index (χ4v) is 2.01. The van der Waals surface area contributed by atoms with Crippen molar-refractivity contribution in [1.29, 1.82) is 0 Å². The Labute approximate surface area is 116 Å². The largest absolute Gasteiger partial charge is 0.353 e. The van der Waals surface area contributed by atoms with Crippen LogP contribution in [0.4, 0.5) is 4.79 Å². The van der Waals surface area contributed by atoms with E-state index in [2.05, 4.69) is 31.4 Å². The van der Waals surface area contributed by atoms with E-state index in [1.165, 1.54) is 0 Å². The number of hydrogen-bond donors (Lipinski definition) is 2. The van der Waals surface area contributed by atoms with Gasteiger partial charge in [0, 0.05) is 32.1 Å². The minimum Gasteiger partial charge on any atom is -0.353 e. The number of likely N-dealkylation sites (tertiary alicyclic amines) is 1. The van der Waals surface area contributed by atoms with E-state index >= 15 is 0 Å². The summed E-state index contributed by atoms with van der Waals surface area (Å²) in [5.41, 5.74) is 0.100. The number of nitrogens with one attached hydrogen (secondary N) is 2. The van der Waals surface area contributed by atoms with Crippen LogP contribution in [0.25, 0.3) is 0 Å². The molecule has 0 aromatic carbocycles. The van der Waals surface area contributed by atoms with Crippen LogP contribution in [-0.2, 0) is 4.79 Å². The van der Waals surface area contributed by atoms with Crippen LogP contribution in [0.3, 0.4) is 0 Å². The Kier molecular flexibility index (Phi) is 5.63. The molecule has 5 nitrogen and oxygen atoms in total. The van der Waals surface area contributed by atoms with Gasteiger partial charge < -0.3 is 15.5 Å².